The predicted octanol–water partition coefficient (Wildman–Crippen LogP) is 4.20. The van der Waals surface area contributed by atoms with E-state index in [0.717, 1.165) is 17.7 Å². The van der Waals surface area contributed by atoms with E-state index in [-0.39, 0.29) is 0 Å². The summed E-state index contributed by atoms with van der Waals surface area (Å²) in [6.45, 7) is 4.68. The lowest BCUT2D eigenvalue weighted by molar-refractivity contribution is 0.327. The molecular formula is C14H28ClN. The molecule has 0 aromatic carbocycles. The molecule has 16 heavy (non-hydrogen) atoms. The fourth-order valence-corrected chi connectivity index (χ4v) is 3.10. The van der Waals surface area contributed by atoms with Crippen LogP contribution in [-0.2, 0) is 0 Å². The van der Waals surface area contributed by atoms with Gasteiger partial charge in [-0.15, -0.1) is 11.6 Å². The average molecular weight is 246 g/mol. The summed E-state index contributed by atoms with van der Waals surface area (Å²) in [7, 11) is 0. The van der Waals surface area contributed by atoms with Crippen LogP contribution in [0.1, 0.15) is 58.3 Å². The molecule has 1 aliphatic rings. The first-order chi connectivity index (χ1) is 7.86. The molecule has 1 rings (SSSR count). The number of halogens is 1. The van der Waals surface area contributed by atoms with Gasteiger partial charge in [-0.1, -0.05) is 32.6 Å². The van der Waals surface area contributed by atoms with Gasteiger partial charge in [0.1, 0.15) is 0 Å². The van der Waals surface area contributed by atoms with Gasteiger partial charge in [-0.05, 0) is 50.6 Å². The molecule has 0 heterocycles. The Bertz CT molecular complexity index is 149. The summed E-state index contributed by atoms with van der Waals surface area (Å²) in [6, 6.07) is 0. The van der Waals surface area contributed by atoms with Crippen molar-refractivity contribution in [3.05, 3.63) is 0 Å². The molecular weight excluding hydrogens is 218 g/mol. The van der Waals surface area contributed by atoms with Crippen molar-refractivity contribution < 1.29 is 0 Å². The second kappa shape index (κ2) is 9.30. The molecule has 96 valence electrons. The minimum atomic E-state index is 0.797. The first-order valence-corrected chi connectivity index (χ1v) is 7.67. The van der Waals surface area contributed by atoms with Crippen molar-refractivity contribution in [1.29, 1.82) is 0 Å². The molecule has 0 saturated heterocycles. The standard InChI is InChI=1S/C14H28ClN/c1-2-6-13(9-10-15)11-16-12-14-7-4-3-5-8-14/h13-14,16H,2-12H2,1H3. The van der Waals surface area contributed by atoms with Crippen molar-refractivity contribution in [3.63, 3.8) is 0 Å². The molecule has 1 nitrogen and oxygen atoms in total. The highest BCUT2D eigenvalue weighted by Crippen LogP contribution is 2.22. The van der Waals surface area contributed by atoms with Gasteiger partial charge in [-0.3, -0.25) is 0 Å². The van der Waals surface area contributed by atoms with Crippen LogP contribution in [0.3, 0.4) is 0 Å². The molecule has 1 atom stereocenters. The van der Waals surface area contributed by atoms with Crippen molar-refractivity contribution in [2.24, 2.45) is 11.8 Å². The number of hydrogen-bond donors (Lipinski definition) is 1. The Kier molecular flexibility index (Phi) is 8.32. The fraction of sp³-hybridized carbons (Fsp3) is 1.00. The van der Waals surface area contributed by atoms with Crippen LogP contribution in [0.15, 0.2) is 0 Å². The minimum absolute atomic E-state index is 0.797. The molecule has 2 heteroatoms. The lowest BCUT2D eigenvalue weighted by atomic mass is 9.89. The Hall–Kier alpha value is 0.250. The Labute approximate surface area is 106 Å². The van der Waals surface area contributed by atoms with Gasteiger partial charge in [0.15, 0.2) is 0 Å². The number of rotatable bonds is 8. The highest BCUT2D eigenvalue weighted by Gasteiger charge is 2.13. The van der Waals surface area contributed by atoms with Gasteiger partial charge in [-0.25, -0.2) is 0 Å². The Balaban J connectivity index is 2.06. The Morgan fingerprint density at radius 2 is 1.94 bits per heavy atom. The lowest BCUT2D eigenvalue weighted by Gasteiger charge is -2.23. The van der Waals surface area contributed by atoms with Gasteiger partial charge >= 0.3 is 0 Å². The van der Waals surface area contributed by atoms with Crippen LogP contribution in [0.2, 0.25) is 0 Å². The van der Waals surface area contributed by atoms with E-state index in [1.165, 1.54) is 64.5 Å². The van der Waals surface area contributed by atoms with E-state index in [0.29, 0.717) is 0 Å². The van der Waals surface area contributed by atoms with E-state index in [1.807, 2.05) is 0 Å². The third-order valence-electron chi connectivity index (χ3n) is 3.81. The minimum Gasteiger partial charge on any atom is -0.316 e. The molecule has 0 aliphatic heterocycles. The van der Waals surface area contributed by atoms with Gasteiger partial charge in [0.25, 0.3) is 0 Å². The third kappa shape index (κ3) is 6.10. The maximum absolute atomic E-state index is 5.83. The van der Waals surface area contributed by atoms with Crippen molar-refractivity contribution in [3.8, 4) is 0 Å². The summed E-state index contributed by atoms with van der Waals surface area (Å²) < 4.78 is 0. The van der Waals surface area contributed by atoms with Gasteiger partial charge in [-0.2, -0.15) is 0 Å². The first-order valence-electron chi connectivity index (χ1n) is 7.13. The molecule has 0 spiro atoms. The fourth-order valence-electron chi connectivity index (χ4n) is 2.79. The molecule has 1 fully saturated rings. The average Bonchev–Trinajstić information content (AvgIpc) is 2.31. The van der Waals surface area contributed by atoms with Crippen molar-refractivity contribution in [2.75, 3.05) is 19.0 Å². The molecule has 0 amide bonds. The molecule has 0 bridgehead atoms. The van der Waals surface area contributed by atoms with E-state index in [2.05, 4.69) is 12.2 Å². The summed E-state index contributed by atoms with van der Waals surface area (Å²) in [5.41, 5.74) is 0. The zero-order valence-corrected chi connectivity index (χ0v) is 11.6. The highest BCUT2D eigenvalue weighted by molar-refractivity contribution is 6.17. The molecule has 0 aromatic heterocycles. The highest BCUT2D eigenvalue weighted by atomic mass is 35.5. The summed E-state index contributed by atoms with van der Waals surface area (Å²) in [5.74, 6) is 2.56. The van der Waals surface area contributed by atoms with Gasteiger partial charge in [0, 0.05) is 5.88 Å². The smallest absolute Gasteiger partial charge is 0.0226 e. The largest absolute Gasteiger partial charge is 0.316 e. The molecule has 1 saturated carbocycles. The summed E-state index contributed by atoms with van der Waals surface area (Å²) in [6.07, 6.45) is 11.0. The number of alkyl halides is 1. The number of hydrogen-bond acceptors (Lipinski definition) is 1. The Morgan fingerprint density at radius 1 is 1.19 bits per heavy atom. The first kappa shape index (κ1) is 14.3. The van der Waals surface area contributed by atoms with Crippen molar-refractivity contribution >= 4 is 11.6 Å². The maximum Gasteiger partial charge on any atom is 0.0226 e. The number of nitrogens with one attached hydrogen (secondary N) is 1. The van der Waals surface area contributed by atoms with Crippen LogP contribution < -0.4 is 5.32 Å². The van der Waals surface area contributed by atoms with Crippen LogP contribution >= 0.6 is 11.6 Å². The third-order valence-corrected chi connectivity index (χ3v) is 4.02. The van der Waals surface area contributed by atoms with E-state index in [9.17, 15) is 0 Å². The lowest BCUT2D eigenvalue weighted by Crippen LogP contribution is -2.29. The Morgan fingerprint density at radius 3 is 2.56 bits per heavy atom. The SMILES string of the molecule is CCCC(CCCl)CNCC1CCCCC1. The van der Waals surface area contributed by atoms with E-state index in [1.54, 1.807) is 0 Å². The molecule has 0 radical (unpaired) electrons. The second-order valence-corrected chi connectivity index (χ2v) is 5.67. The normalized spacial score (nSPS) is 19.9. The van der Waals surface area contributed by atoms with Gasteiger partial charge < -0.3 is 5.32 Å². The molecule has 1 N–H and O–H groups in total. The quantitative estimate of drug-likeness (QED) is 0.632. The zero-order valence-electron chi connectivity index (χ0n) is 10.8. The maximum atomic E-state index is 5.83. The van der Waals surface area contributed by atoms with E-state index >= 15 is 0 Å². The van der Waals surface area contributed by atoms with Crippen LogP contribution in [0.25, 0.3) is 0 Å². The second-order valence-electron chi connectivity index (χ2n) is 5.29. The predicted molar refractivity (Wildman–Crippen MR) is 73.2 cm³/mol. The summed E-state index contributed by atoms with van der Waals surface area (Å²) >= 11 is 5.83. The van der Waals surface area contributed by atoms with Crippen molar-refractivity contribution in [1.82, 2.24) is 5.32 Å². The van der Waals surface area contributed by atoms with Crippen LogP contribution in [0.4, 0.5) is 0 Å². The van der Waals surface area contributed by atoms with Crippen LogP contribution in [-0.4, -0.2) is 19.0 Å². The van der Waals surface area contributed by atoms with Gasteiger partial charge in [0.2, 0.25) is 0 Å². The zero-order chi connectivity index (χ0) is 11.6. The molecule has 1 aliphatic carbocycles. The van der Waals surface area contributed by atoms with E-state index < -0.39 is 0 Å². The molecule has 0 aromatic rings. The topological polar surface area (TPSA) is 12.0 Å². The molecule has 1 unspecified atom stereocenters. The summed E-state index contributed by atoms with van der Waals surface area (Å²) in [5, 5.41) is 3.67. The van der Waals surface area contributed by atoms with Crippen molar-refractivity contribution in [2.45, 2.75) is 58.3 Å². The van der Waals surface area contributed by atoms with Crippen LogP contribution in [0, 0.1) is 11.8 Å². The summed E-state index contributed by atoms with van der Waals surface area (Å²) in [4.78, 5) is 0. The monoisotopic (exact) mass is 245 g/mol. The van der Waals surface area contributed by atoms with Crippen LogP contribution in [0.5, 0.6) is 0 Å². The van der Waals surface area contributed by atoms with E-state index in [4.69, 9.17) is 11.6 Å². The van der Waals surface area contributed by atoms with Gasteiger partial charge in [0.05, 0.1) is 0 Å².